The first-order valence-corrected chi connectivity index (χ1v) is 8.97. The third-order valence-corrected chi connectivity index (χ3v) is 4.67. The SMILES string of the molecule is COc1cc(CNC(=O)CC2CSCCN2)ccc1OCC(F)(F)F.Cl. The van der Waals surface area contributed by atoms with Gasteiger partial charge in [-0.3, -0.25) is 4.79 Å². The fourth-order valence-electron chi connectivity index (χ4n) is 2.35. The van der Waals surface area contributed by atoms with Crippen molar-refractivity contribution in [2.45, 2.75) is 25.2 Å². The zero-order valence-electron chi connectivity index (χ0n) is 14.2. The average molecular weight is 415 g/mol. The maximum atomic E-state index is 12.2. The van der Waals surface area contributed by atoms with E-state index in [2.05, 4.69) is 10.6 Å². The first-order valence-electron chi connectivity index (χ1n) is 7.81. The van der Waals surface area contributed by atoms with Gasteiger partial charge in [-0.25, -0.2) is 0 Å². The van der Waals surface area contributed by atoms with E-state index in [1.165, 1.54) is 13.2 Å². The lowest BCUT2D eigenvalue weighted by atomic mass is 10.2. The molecule has 1 unspecified atom stereocenters. The van der Waals surface area contributed by atoms with Gasteiger partial charge in [-0.15, -0.1) is 12.4 Å². The highest BCUT2D eigenvalue weighted by molar-refractivity contribution is 7.99. The number of hydrogen-bond donors (Lipinski definition) is 2. The minimum absolute atomic E-state index is 0. The van der Waals surface area contributed by atoms with Crippen molar-refractivity contribution in [3.63, 3.8) is 0 Å². The third-order valence-electron chi connectivity index (χ3n) is 3.54. The summed E-state index contributed by atoms with van der Waals surface area (Å²) < 4.78 is 46.5. The number of carbonyl (C=O) groups excluding carboxylic acids is 1. The van der Waals surface area contributed by atoms with Gasteiger partial charge in [0, 0.05) is 37.1 Å². The first kappa shape index (κ1) is 22.7. The van der Waals surface area contributed by atoms with Gasteiger partial charge in [-0.2, -0.15) is 24.9 Å². The van der Waals surface area contributed by atoms with Gasteiger partial charge in [-0.05, 0) is 17.7 Å². The van der Waals surface area contributed by atoms with E-state index in [9.17, 15) is 18.0 Å². The fraction of sp³-hybridized carbons (Fsp3) is 0.562. The van der Waals surface area contributed by atoms with Crippen LogP contribution in [-0.2, 0) is 11.3 Å². The largest absolute Gasteiger partial charge is 0.493 e. The number of amides is 1. The highest BCUT2D eigenvalue weighted by atomic mass is 35.5. The van der Waals surface area contributed by atoms with Gasteiger partial charge in [0.25, 0.3) is 0 Å². The Kier molecular flexibility index (Phi) is 9.38. The van der Waals surface area contributed by atoms with Crippen molar-refractivity contribution in [1.29, 1.82) is 0 Å². The van der Waals surface area contributed by atoms with Crippen molar-refractivity contribution in [3.8, 4) is 11.5 Å². The third kappa shape index (κ3) is 7.92. The Hall–Kier alpha value is -1.32. The second-order valence-electron chi connectivity index (χ2n) is 5.60. The molecule has 0 aliphatic carbocycles. The molecule has 148 valence electrons. The minimum Gasteiger partial charge on any atom is -0.493 e. The number of carbonyl (C=O) groups is 1. The molecule has 1 aromatic carbocycles. The van der Waals surface area contributed by atoms with Crippen LogP contribution in [0, 0.1) is 0 Å². The van der Waals surface area contributed by atoms with Crippen molar-refractivity contribution in [1.82, 2.24) is 10.6 Å². The first-order chi connectivity index (χ1) is 11.9. The summed E-state index contributed by atoms with van der Waals surface area (Å²) >= 11 is 1.82. The van der Waals surface area contributed by atoms with Gasteiger partial charge in [-0.1, -0.05) is 6.07 Å². The highest BCUT2D eigenvalue weighted by Gasteiger charge is 2.29. The predicted octanol–water partition coefficient (Wildman–Crippen LogP) is 2.77. The fourth-order valence-corrected chi connectivity index (χ4v) is 3.30. The van der Waals surface area contributed by atoms with Crippen molar-refractivity contribution >= 4 is 30.1 Å². The molecule has 2 rings (SSSR count). The van der Waals surface area contributed by atoms with E-state index in [1.807, 2.05) is 11.8 Å². The van der Waals surface area contributed by atoms with E-state index < -0.39 is 12.8 Å². The number of nitrogens with one attached hydrogen (secondary N) is 2. The Labute approximate surface area is 160 Å². The molecule has 1 atom stereocenters. The second-order valence-corrected chi connectivity index (χ2v) is 6.75. The molecule has 1 aliphatic rings. The molecule has 0 saturated carbocycles. The normalized spacial score (nSPS) is 17.2. The number of alkyl halides is 3. The molecule has 5 nitrogen and oxygen atoms in total. The molecule has 26 heavy (non-hydrogen) atoms. The molecule has 1 fully saturated rings. The molecule has 1 aromatic rings. The van der Waals surface area contributed by atoms with Crippen LogP contribution in [0.1, 0.15) is 12.0 Å². The average Bonchev–Trinajstić information content (AvgIpc) is 2.58. The smallest absolute Gasteiger partial charge is 0.422 e. The van der Waals surface area contributed by atoms with Gasteiger partial charge >= 0.3 is 6.18 Å². The maximum Gasteiger partial charge on any atom is 0.422 e. The number of benzene rings is 1. The summed E-state index contributed by atoms with van der Waals surface area (Å²) in [6.45, 7) is -0.209. The van der Waals surface area contributed by atoms with Crippen LogP contribution in [0.3, 0.4) is 0 Å². The molecule has 0 bridgehead atoms. The zero-order chi connectivity index (χ0) is 18.3. The van der Waals surface area contributed by atoms with E-state index in [0.29, 0.717) is 6.42 Å². The van der Waals surface area contributed by atoms with Crippen LogP contribution in [-0.4, -0.2) is 49.9 Å². The van der Waals surface area contributed by atoms with E-state index in [4.69, 9.17) is 9.47 Å². The summed E-state index contributed by atoms with van der Waals surface area (Å²) in [5, 5.41) is 6.10. The van der Waals surface area contributed by atoms with E-state index in [0.717, 1.165) is 23.6 Å². The minimum atomic E-state index is -4.41. The number of ether oxygens (including phenoxy) is 2. The van der Waals surface area contributed by atoms with Crippen LogP contribution >= 0.6 is 24.2 Å². The van der Waals surface area contributed by atoms with Crippen molar-refractivity contribution in [2.24, 2.45) is 0 Å². The van der Waals surface area contributed by atoms with Gasteiger partial charge in [0.05, 0.1) is 7.11 Å². The quantitative estimate of drug-likeness (QED) is 0.718. The Morgan fingerprint density at radius 2 is 2.15 bits per heavy atom. The summed E-state index contributed by atoms with van der Waals surface area (Å²) in [6, 6.07) is 4.74. The summed E-state index contributed by atoms with van der Waals surface area (Å²) in [6.07, 6.45) is -4.01. The van der Waals surface area contributed by atoms with Gasteiger partial charge in [0.1, 0.15) is 0 Å². The molecule has 10 heteroatoms. The van der Waals surface area contributed by atoms with Crippen LogP contribution in [0.25, 0.3) is 0 Å². The van der Waals surface area contributed by atoms with Crippen LogP contribution < -0.4 is 20.1 Å². The number of hydrogen-bond acceptors (Lipinski definition) is 5. The lowest BCUT2D eigenvalue weighted by molar-refractivity contribution is -0.153. The van der Waals surface area contributed by atoms with Crippen LogP contribution in [0.2, 0.25) is 0 Å². The molecular formula is C16H22ClF3N2O3S. The second kappa shape index (κ2) is 10.7. The monoisotopic (exact) mass is 414 g/mol. The van der Waals surface area contributed by atoms with Gasteiger partial charge in [0.2, 0.25) is 5.91 Å². The van der Waals surface area contributed by atoms with E-state index >= 15 is 0 Å². The summed E-state index contributed by atoms with van der Waals surface area (Å²) in [5.41, 5.74) is 0.718. The summed E-state index contributed by atoms with van der Waals surface area (Å²) in [5.74, 6) is 2.10. The number of halogens is 4. The molecule has 0 aromatic heterocycles. The molecule has 0 spiro atoms. The van der Waals surface area contributed by atoms with E-state index in [-0.39, 0.29) is 42.4 Å². The number of thioether (sulfide) groups is 1. The highest BCUT2D eigenvalue weighted by Crippen LogP contribution is 2.29. The van der Waals surface area contributed by atoms with Crippen molar-refractivity contribution < 1.29 is 27.4 Å². The van der Waals surface area contributed by atoms with Crippen LogP contribution in [0.5, 0.6) is 11.5 Å². The Balaban J connectivity index is 0.00000338. The zero-order valence-corrected chi connectivity index (χ0v) is 15.9. The predicted molar refractivity (Wildman–Crippen MR) is 97.4 cm³/mol. The lowest BCUT2D eigenvalue weighted by Gasteiger charge is -2.22. The molecule has 1 amide bonds. The molecule has 1 heterocycles. The summed E-state index contributed by atoms with van der Waals surface area (Å²) in [4.78, 5) is 12.0. The van der Waals surface area contributed by atoms with Crippen LogP contribution in [0.15, 0.2) is 18.2 Å². The Morgan fingerprint density at radius 1 is 1.38 bits per heavy atom. The summed E-state index contributed by atoms with van der Waals surface area (Å²) in [7, 11) is 1.35. The van der Waals surface area contributed by atoms with Crippen molar-refractivity contribution in [3.05, 3.63) is 23.8 Å². The molecule has 1 saturated heterocycles. The maximum absolute atomic E-state index is 12.2. The molecule has 1 aliphatic heterocycles. The standard InChI is InChI=1S/C16H21F3N2O3S.ClH/c1-23-14-6-11(2-3-13(14)24-10-16(17,18)19)8-21-15(22)7-12-9-25-5-4-20-12;/h2-3,6,12,20H,4-5,7-10H2,1H3,(H,21,22);1H. The Morgan fingerprint density at radius 3 is 2.77 bits per heavy atom. The number of methoxy groups -OCH3 is 1. The van der Waals surface area contributed by atoms with Gasteiger partial charge in [0.15, 0.2) is 18.1 Å². The Bertz CT molecular complexity index is 584. The topological polar surface area (TPSA) is 59.6 Å². The molecular weight excluding hydrogens is 393 g/mol. The van der Waals surface area contributed by atoms with E-state index in [1.54, 1.807) is 12.1 Å². The lowest BCUT2D eigenvalue weighted by Crippen LogP contribution is -2.41. The van der Waals surface area contributed by atoms with Crippen LogP contribution in [0.4, 0.5) is 13.2 Å². The van der Waals surface area contributed by atoms with Gasteiger partial charge < -0.3 is 20.1 Å². The number of rotatable bonds is 7. The molecule has 2 N–H and O–H groups in total. The van der Waals surface area contributed by atoms with Crippen molar-refractivity contribution in [2.75, 3.05) is 31.8 Å². The molecule has 0 radical (unpaired) electrons.